The van der Waals surface area contributed by atoms with Crippen LogP contribution in [0.4, 0.5) is 22.7 Å². The number of rotatable bonds is 17. The molecule has 13 heteroatoms. The predicted octanol–water partition coefficient (Wildman–Crippen LogP) is 6.48. The number of aliphatic hydroxyl groups is 2. The van der Waals surface area contributed by atoms with Crippen LogP contribution in [0.15, 0.2) is 34.5 Å². The van der Waals surface area contributed by atoms with Gasteiger partial charge in [-0.2, -0.15) is 10.5 Å². The molecular formula is C32H42N6O7. The molecule has 1 atom stereocenters. The van der Waals surface area contributed by atoms with Crippen molar-refractivity contribution in [2.45, 2.75) is 66.2 Å². The van der Waals surface area contributed by atoms with Crippen LogP contribution in [0.1, 0.15) is 77.3 Å². The lowest BCUT2D eigenvalue weighted by Crippen LogP contribution is -2.26. The molecule has 0 fully saturated rings. The van der Waals surface area contributed by atoms with E-state index in [1.807, 2.05) is 24.0 Å². The quantitative estimate of drug-likeness (QED) is 0.0492. The number of esters is 1. The van der Waals surface area contributed by atoms with E-state index in [0.717, 1.165) is 18.6 Å². The Labute approximate surface area is 263 Å². The Morgan fingerprint density at radius 1 is 1.00 bits per heavy atom. The number of anilines is 1. The van der Waals surface area contributed by atoms with Gasteiger partial charge in [0.25, 0.3) is 5.69 Å². The average molecular weight is 623 g/mol. The number of non-ortho nitro benzene ring substituents is 1. The van der Waals surface area contributed by atoms with Gasteiger partial charge in [-0.3, -0.25) is 14.9 Å². The zero-order chi connectivity index (χ0) is 33.6. The van der Waals surface area contributed by atoms with Crippen molar-refractivity contribution in [3.8, 4) is 23.6 Å². The van der Waals surface area contributed by atoms with E-state index in [1.165, 1.54) is 13.2 Å². The highest BCUT2D eigenvalue weighted by Gasteiger charge is 2.23. The number of carbonyl (C=O) groups excluding carboxylic acids is 1. The molecule has 2 aromatic carbocycles. The average Bonchev–Trinajstić information content (AvgIpc) is 2.98. The van der Waals surface area contributed by atoms with E-state index < -0.39 is 16.6 Å². The van der Waals surface area contributed by atoms with Crippen molar-refractivity contribution in [1.29, 1.82) is 10.5 Å². The van der Waals surface area contributed by atoms with Gasteiger partial charge in [-0.1, -0.05) is 27.7 Å². The van der Waals surface area contributed by atoms with E-state index in [4.69, 9.17) is 9.47 Å². The van der Waals surface area contributed by atoms with Crippen LogP contribution in [0.3, 0.4) is 0 Å². The number of nitro benzene ring substituents is 1. The van der Waals surface area contributed by atoms with Crippen molar-refractivity contribution < 1.29 is 29.4 Å². The standard InChI is InChI=1S/C32H42N6O7/c1-22(19-32(2,3)4)14-30(41)45-28-18-27(37(10-6-8-12-39)11-7-9-13-40)29(44-5)17-26(28)35-36-31-23(20-33)15-25(38(42)43)16-24(31)21-34/h15-18,22,39-40H,6-14,19H2,1-5H3. The van der Waals surface area contributed by atoms with Gasteiger partial charge in [0.05, 0.1) is 28.8 Å². The van der Waals surface area contributed by atoms with Crippen LogP contribution >= 0.6 is 0 Å². The molecule has 0 radical (unpaired) electrons. The summed E-state index contributed by atoms with van der Waals surface area (Å²) >= 11 is 0. The minimum atomic E-state index is -0.711. The van der Waals surface area contributed by atoms with Crippen LogP contribution in [0.5, 0.6) is 11.5 Å². The highest BCUT2D eigenvalue weighted by atomic mass is 16.6. The second-order valence-corrected chi connectivity index (χ2v) is 12.0. The molecule has 0 aliphatic carbocycles. The fourth-order valence-electron chi connectivity index (χ4n) is 4.96. The Hall–Kier alpha value is -4.59. The molecule has 0 aliphatic rings. The summed E-state index contributed by atoms with van der Waals surface area (Å²) in [5.74, 6) is -0.0132. The highest BCUT2D eigenvalue weighted by molar-refractivity contribution is 5.78. The summed E-state index contributed by atoms with van der Waals surface area (Å²) in [6.07, 6.45) is 3.44. The molecular weight excluding hydrogens is 580 g/mol. The van der Waals surface area contributed by atoms with Gasteiger partial charge in [-0.05, 0) is 43.4 Å². The van der Waals surface area contributed by atoms with Gasteiger partial charge >= 0.3 is 5.97 Å². The molecule has 0 amide bonds. The first-order valence-electron chi connectivity index (χ1n) is 14.8. The van der Waals surface area contributed by atoms with E-state index >= 15 is 0 Å². The third-order valence-corrected chi connectivity index (χ3v) is 6.78. The largest absolute Gasteiger partial charge is 0.494 e. The molecule has 0 aliphatic heterocycles. The van der Waals surface area contributed by atoms with Gasteiger partial charge in [0.2, 0.25) is 0 Å². The van der Waals surface area contributed by atoms with E-state index in [2.05, 4.69) is 31.0 Å². The summed E-state index contributed by atoms with van der Waals surface area (Å²) in [6.45, 7) is 9.43. The number of aliphatic hydroxyl groups excluding tert-OH is 2. The Morgan fingerprint density at radius 3 is 2.04 bits per heavy atom. The first kappa shape index (κ1) is 36.6. The van der Waals surface area contributed by atoms with Gasteiger partial charge in [0.1, 0.15) is 29.3 Å². The fourth-order valence-corrected chi connectivity index (χ4v) is 4.96. The third-order valence-electron chi connectivity index (χ3n) is 6.78. The second-order valence-electron chi connectivity index (χ2n) is 12.0. The van der Waals surface area contributed by atoms with Crippen molar-refractivity contribution in [3.63, 3.8) is 0 Å². The number of carbonyl (C=O) groups is 1. The smallest absolute Gasteiger partial charge is 0.311 e. The monoisotopic (exact) mass is 622 g/mol. The molecule has 13 nitrogen and oxygen atoms in total. The number of hydrogen-bond donors (Lipinski definition) is 2. The predicted molar refractivity (Wildman–Crippen MR) is 168 cm³/mol. The maximum atomic E-state index is 13.1. The molecule has 0 aromatic heterocycles. The van der Waals surface area contributed by atoms with Crippen molar-refractivity contribution >= 4 is 28.7 Å². The zero-order valence-electron chi connectivity index (χ0n) is 26.6. The van der Waals surface area contributed by atoms with E-state index in [-0.39, 0.29) is 59.2 Å². The van der Waals surface area contributed by atoms with Crippen LogP contribution in [0, 0.1) is 44.1 Å². The summed E-state index contributed by atoms with van der Waals surface area (Å²) in [7, 11) is 1.47. The molecule has 0 saturated heterocycles. The lowest BCUT2D eigenvalue weighted by atomic mass is 9.84. The Morgan fingerprint density at radius 2 is 1.58 bits per heavy atom. The topological polar surface area (TPSA) is 195 Å². The number of nitro groups is 1. The van der Waals surface area contributed by atoms with Crippen LogP contribution < -0.4 is 14.4 Å². The number of benzene rings is 2. The molecule has 0 saturated carbocycles. The van der Waals surface area contributed by atoms with Crippen molar-refractivity contribution in [2.24, 2.45) is 21.6 Å². The van der Waals surface area contributed by atoms with Gasteiger partial charge in [0.15, 0.2) is 5.75 Å². The number of nitrogens with zero attached hydrogens (tertiary/aromatic N) is 6. The number of hydrogen-bond acceptors (Lipinski definition) is 12. The summed E-state index contributed by atoms with van der Waals surface area (Å²) in [6, 6.07) is 8.80. The minimum Gasteiger partial charge on any atom is -0.494 e. The molecule has 0 bridgehead atoms. The maximum Gasteiger partial charge on any atom is 0.311 e. The van der Waals surface area contributed by atoms with Gasteiger partial charge in [-0.15, -0.1) is 10.2 Å². The lowest BCUT2D eigenvalue weighted by Gasteiger charge is -2.27. The summed E-state index contributed by atoms with van der Waals surface area (Å²) in [5, 5.41) is 57.5. The fraction of sp³-hybridized carbons (Fsp3) is 0.531. The first-order chi connectivity index (χ1) is 21.4. The Balaban J connectivity index is 2.66. The van der Waals surface area contributed by atoms with Crippen molar-refractivity contribution in [3.05, 3.63) is 45.5 Å². The van der Waals surface area contributed by atoms with Crippen LogP contribution in [0.2, 0.25) is 0 Å². The Bertz CT molecular complexity index is 1390. The number of unbranched alkanes of at least 4 members (excludes halogenated alkanes) is 2. The molecule has 2 N–H and O–H groups in total. The number of ether oxygens (including phenoxy) is 2. The lowest BCUT2D eigenvalue weighted by molar-refractivity contribution is -0.384. The molecule has 45 heavy (non-hydrogen) atoms. The molecule has 0 spiro atoms. The van der Waals surface area contributed by atoms with Gasteiger partial charge in [-0.25, -0.2) is 0 Å². The van der Waals surface area contributed by atoms with E-state index in [9.17, 15) is 35.6 Å². The van der Waals surface area contributed by atoms with E-state index in [1.54, 1.807) is 6.07 Å². The summed E-state index contributed by atoms with van der Waals surface area (Å²) in [4.78, 5) is 25.7. The molecule has 0 heterocycles. The van der Waals surface area contributed by atoms with Crippen LogP contribution in [0.25, 0.3) is 0 Å². The highest BCUT2D eigenvalue weighted by Crippen LogP contribution is 2.42. The van der Waals surface area contributed by atoms with Gasteiger partial charge in [0, 0.05) is 57.0 Å². The van der Waals surface area contributed by atoms with Gasteiger partial charge < -0.3 is 24.6 Å². The molecule has 242 valence electrons. The van der Waals surface area contributed by atoms with Crippen LogP contribution in [-0.4, -0.2) is 54.5 Å². The molecule has 2 rings (SSSR count). The number of nitriles is 2. The summed E-state index contributed by atoms with van der Waals surface area (Å²) < 4.78 is 11.5. The molecule has 2 aromatic rings. The third kappa shape index (κ3) is 11.4. The summed E-state index contributed by atoms with van der Waals surface area (Å²) in [5.41, 5.74) is -0.359. The Kier molecular flexibility index (Phi) is 14.3. The SMILES string of the molecule is COc1cc(N=Nc2c(C#N)cc([N+](=O)[O-])cc2C#N)c(OC(=O)CC(C)CC(C)(C)C)cc1N(CCCCO)CCCCO. The van der Waals surface area contributed by atoms with Crippen molar-refractivity contribution in [2.75, 3.05) is 38.3 Å². The van der Waals surface area contributed by atoms with E-state index in [0.29, 0.717) is 50.2 Å². The first-order valence-corrected chi connectivity index (χ1v) is 14.8. The maximum absolute atomic E-state index is 13.1. The normalized spacial score (nSPS) is 11.9. The number of methoxy groups -OCH3 is 1. The zero-order valence-corrected chi connectivity index (χ0v) is 26.6. The molecule has 1 unspecified atom stereocenters. The minimum absolute atomic E-state index is 0.0116. The van der Waals surface area contributed by atoms with Crippen molar-refractivity contribution in [1.82, 2.24) is 0 Å². The second kappa shape index (κ2) is 17.6. The van der Waals surface area contributed by atoms with Crippen LogP contribution in [-0.2, 0) is 4.79 Å². The number of azo groups is 1.